The van der Waals surface area contributed by atoms with Gasteiger partial charge in [0.1, 0.15) is 0 Å². The van der Waals surface area contributed by atoms with Crippen molar-refractivity contribution in [2.45, 2.75) is 51.6 Å². The second-order valence-corrected chi connectivity index (χ2v) is 5.24. The molecule has 4 atom stereocenters. The third-order valence-corrected chi connectivity index (χ3v) is 4.80. The molecule has 2 aliphatic rings. The molecule has 0 aliphatic heterocycles. The average Bonchev–Trinajstić information content (AvgIpc) is 2.57. The molecule has 0 aromatic carbocycles. The van der Waals surface area contributed by atoms with Gasteiger partial charge in [-0.3, -0.25) is 0 Å². The standard InChI is InChI=1S/C12H19NO/c1-9-4-3-6-11(9,8-13)12(14)7-5-10(12)2/h9-10,14H,3-7H2,1-2H3. The molecule has 0 spiro atoms. The van der Waals surface area contributed by atoms with Crippen LogP contribution in [-0.2, 0) is 0 Å². The minimum Gasteiger partial charge on any atom is -0.388 e. The Balaban J connectivity index is 2.33. The highest BCUT2D eigenvalue weighted by molar-refractivity contribution is 5.20. The molecule has 2 rings (SSSR count). The highest BCUT2D eigenvalue weighted by Gasteiger charge is 2.61. The predicted octanol–water partition coefficient (Wildman–Crippen LogP) is 2.48. The van der Waals surface area contributed by atoms with Crippen LogP contribution in [0.2, 0.25) is 0 Å². The van der Waals surface area contributed by atoms with Crippen molar-refractivity contribution < 1.29 is 5.11 Å². The summed E-state index contributed by atoms with van der Waals surface area (Å²) in [5.74, 6) is 0.669. The Morgan fingerprint density at radius 2 is 1.93 bits per heavy atom. The van der Waals surface area contributed by atoms with Crippen molar-refractivity contribution >= 4 is 0 Å². The van der Waals surface area contributed by atoms with Gasteiger partial charge in [-0.1, -0.05) is 20.3 Å². The smallest absolute Gasteiger partial charge is 0.0888 e. The quantitative estimate of drug-likeness (QED) is 0.695. The fourth-order valence-electron chi connectivity index (χ4n) is 3.46. The monoisotopic (exact) mass is 193 g/mol. The van der Waals surface area contributed by atoms with E-state index in [1.807, 2.05) is 0 Å². The van der Waals surface area contributed by atoms with Crippen molar-refractivity contribution in [2.24, 2.45) is 17.3 Å². The lowest BCUT2D eigenvalue weighted by Gasteiger charge is -2.53. The molecular weight excluding hydrogens is 174 g/mol. The number of hydrogen-bond donors (Lipinski definition) is 1. The summed E-state index contributed by atoms with van der Waals surface area (Å²) in [4.78, 5) is 0. The molecule has 0 amide bonds. The number of rotatable bonds is 1. The van der Waals surface area contributed by atoms with E-state index in [9.17, 15) is 10.4 Å². The average molecular weight is 193 g/mol. The van der Waals surface area contributed by atoms with Crippen molar-refractivity contribution in [1.29, 1.82) is 5.26 Å². The van der Waals surface area contributed by atoms with E-state index in [2.05, 4.69) is 19.9 Å². The van der Waals surface area contributed by atoms with E-state index in [0.717, 1.165) is 32.1 Å². The molecule has 0 aromatic rings. The van der Waals surface area contributed by atoms with E-state index in [0.29, 0.717) is 11.8 Å². The van der Waals surface area contributed by atoms with Crippen LogP contribution in [0.15, 0.2) is 0 Å². The van der Waals surface area contributed by atoms with Gasteiger partial charge in [-0.05, 0) is 37.5 Å². The van der Waals surface area contributed by atoms with Crippen molar-refractivity contribution in [3.8, 4) is 6.07 Å². The summed E-state index contributed by atoms with van der Waals surface area (Å²) >= 11 is 0. The van der Waals surface area contributed by atoms with Crippen molar-refractivity contribution in [3.05, 3.63) is 0 Å². The minimum absolute atomic E-state index is 0.308. The van der Waals surface area contributed by atoms with Crippen LogP contribution in [0, 0.1) is 28.6 Å². The lowest BCUT2D eigenvalue weighted by molar-refractivity contribution is -0.169. The molecule has 2 heteroatoms. The number of nitriles is 1. The first kappa shape index (κ1) is 9.98. The van der Waals surface area contributed by atoms with E-state index in [1.54, 1.807) is 0 Å². The normalized spacial score (nSPS) is 52.4. The van der Waals surface area contributed by atoms with Crippen LogP contribution in [0.25, 0.3) is 0 Å². The molecule has 2 saturated carbocycles. The van der Waals surface area contributed by atoms with Crippen molar-refractivity contribution in [1.82, 2.24) is 0 Å². The Kier molecular flexibility index (Phi) is 2.12. The Hall–Kier alpha value is -0.550. The van der Waals surface area contributed by atoms with Crippen LogP contribution in [0.1, 0.15) is 46.0 Å². The van der Waals surface area contributed by atoms with Gasteiger partial charge < -0.3 is 5.11 Å². The predicted molar refractivity (Wildman–Crippen MR) is 54.4 cm³/mol. The molecule has 0 aromatic heterocycles. The molecule has 0 bridgehead atoms. The molecule has 0 saturated heterocycles. The second kappa shape index (κ2) is 2.97. The molecule has 2 fully saturated rings. The summed E-state index contributed by atoms with van der Waals surface area (Å²) in [6.45, 7) is 4.20. The van der Waals surface area contributed by atoms with Crippen LogP contribution in [0.5, 0.6) is 0 Å². The summed E-state index contributed by atoms with van der Waals surface area (Å²) in [5.41, 5.74) is -1.12. The van der Waals surface area contributed by atoms with E-state index in [1.165, 1.54) is 0 Å². The van der Waals surface area contributed by atoms with Crippen LogP contribution in [-0.4, -0.2) is 10.7 Å². The molecule has 2 aliphatic carbocycles. The fourth-order valence-corrected chi connectivity index (χ4v) is 3.46. The van der Waals surface area contributed by atoms with Gasteiger partial charge in [0, 0.05) is 0 Å². The fraction of sp³-hybridized carbons (Fsp3) is 0.917. The molecule has 1 N–H and O–H groups in total. The van der Waals surface area contributed by atoms with Gasteiger partial charge in [-0.25, -0.2) is 0 Å². The zero-order chi connectivity index (χ0) is 10.4. The minimum atomic E-state index is -0.683. The zero-order valence-corrected chi connectivity index (χ0v) is 9.08. The highest BCUT2D eigenvalue weighted by Crippen LogP contribution is 2.59. The van der Waals surface area contributed by atoms with Gasteiger partial charge in [0.25, 0.3) is 0 Å². The van der Waals surface area contributed by atoms with E-state index < -0.39 is 11.0 Å². The largest absolute Gasteiger partial charge is 0.388 e. The summed E-state index contributed by atoms with van der Waals surface area (Å²) in [7, 11) is 0. The molecule has 78 valence electrons. The van der Waals surface area contributed by atoms with Crippen LogP contribution in [0.3, 0.4) is 0 Å². The third-order valence-electron chi connectivity index (χ3n) is 4.80. The van der Waals surface area contributed by atoms with E-state index >= 15 is 0 Å². The van der Waals surface area contributed by atoms with Crippen LogP contribution in [0.4, 0.5) is 0 Å². The van der Waals surface area contributed by atoms with Gasteiger partial charge in [-0.2, -0.15) is 5.26 Å². The van der Waals surface area contributed by atoms with Gasteiger partial charge in [0.05, 0.1) is 17.1 Å². The lowest BCUT2D eigenvalue weighted by atomic mass is 9.53. The van der Waals surface area contributed by atoms with Gasteiger partial charge in [0.2, 0.25) is 0 Å². The maximum Gasteiger partial charge on any atom is 0.0888 e. The Bertz CT molecular complexity index is 283. The maximum atomic E-state index is 10.6. The van der Waals surface area contributed by atoms with E-state index in [4.69, 9.17) is 0 Å². The summed E-state index contributed by atoms with van der Waals surface area (Å²) in [6.07, 6.45) is 5.00. The Morgan fingerprint density at radius 3 is 2.21 bits per heavy atom. The molecule has 4 unspecified atom stereocenters. The molecular formula is C12H19NO. The second-order valence-electron chi connectivity index (χ2n) is 5.24. The van der Waals surface area contributed by atoms with Crippen molar-refractivity contribution in [3.63, 3.8) is 0 Å². The molecule has 0 heterocycles. The van der Waals surface area contributed by atoms with Gasteiger partial charge in [0.15, 0.2) is 0 Å². The summed E-state index contributed by atoms with van der Waals surface area (Å²) in [5, 5.41) is 20.0. The number of nitrogens with zero attached hydrogens (tertiary/aromatic N) is 1. The summed E-state index contributed by atoms with van der Waals surface area (Å²) in [6, 6.07) is 2.45. The molecule has 14 heavy (non-hydrogen) atoms. The number of hydrogen-bond acceptors (Lipinski definition) is 2. The summed E-state index contributed by atoms with van der Waals surface area (Å²) < 4.78 is 0. The van der Waals surface area contributed by atoms with Crippen LogP contribution < -0.4 is 0 Å². The van der Waals surface area contributed by atoms with E-state index in [-0.39, 0.29) is 0 Å². The first-order valence-corrected chi connectivity index (χ1v) is 5.70. The Labute approximate surface area is 85.9 Å². The first-order chi connectivity index (χ1) is 6.57. The van der Waals surface area contributed by atoms with Gasteiger partial charge >= 0.3 is 0 Å². The SMILES string of the molecule is CC1CCC1(O)C1(C#N)CCCC1C. The van der Waals surface area contributed by atoms with Crippen LogP contribution >= 0.6 is 0 Å². The lowest BCUT2D eigenvalue weighted by Crippen LogP contribution is -2.59. The maximum absolute atomic E-state index is 10.6. The zero-order valence-electron chi connectivity index (χ0n) is 9.08. The first-order valence-electron chi connectivity index (χ1n) is 5.70. The number of aliphatic hydroxyl groups is 1. The van der Waals surface area contributed by atoms with Crippen molar-refractivity contribution in [2.75, 3.05) is 0 Å². The Morgan fingerprint density at radius 1 is 1.21 bits per heavy atom. The molecule has 2 nitrogen and oxygen atoms in total. The van der Waals surface area contributed by atoms with Gasteiger partial charge in [-0.15, -0.1) is 0 Å². The molecule has 0 radical (unpaired) electrons. The third kappa shape index (κ3) is 0.941. The highest BCUT2D eigenvalue weighted by atomic mass is 16.3. The topological polar surface area (TPSA) is 44.0 Å².